The second-order valence-corrected chi connectivity index (χ2v) is 3.85. The molecule has 0 aliphatic carbocycles. The van der Waals surface area contributed by atoms with Crippen LogP contribution in [-0.2, 0) is 16.1 Å². The number of aryl methyl sites for hydroxylation is 1. The first-order valence-corrected chi connectivity index (χ1v) is 5.75. The molecule has 0 aliphatic heterocycles. The average molecular weight is 233 g/mol. The van der Waals surface area contributed by atoms with Gasteiger partial charge in [-0.25, -0.2) is 4.79 Å². The number of rotatable bonds is 6. The van der Waals surface area contributed by atoms with Gasteiger partial charge in [-0.15, -0.1) is 0 Å². The van der Waals surface area contributed by atoms with Gasteiger partial charge in [-0.3, -0.25) is 0 Å². The van der Waals surface area contributed by atoms with Gasteiger partial charge in [0.1, 0.15) is 0 Å². The minimum atomic E-state index is -0.329. The summed E-state index contributed by atoms with van der Waals surface area (Å²) in [5.74, 6) is -0.329. The standard InChI is InChI=1S/C14H19NO2/c1-4-17-14(16)12(3)9-15-10-13-8-6-5-7-11(13)2/h5-8,15H,3-4,9-10H2,1-2H3. The Labute approximate surface area is 102 Å². The maximum atomic E-state index is 11.3. The number of ether oxygens (including phenoxy) is 1. The lowest BCUT2D eigenvalue weighted by atomic mass is 10.1. The zero-order valence-corrected chi connectivity index (χ0v) is 10.5. The molecule has 0 spiro atoms. The Morgan fingerprint density at radius 3 is 2.76 bits per heavy atom. The van der Waals surface area contributed by atoms with Gasteiger partial charge in [0.2, 0.25) is 0 Å². The van der Waals surface area contributed by atoms with Crippen molar-refractivity contribution < 1.29 is 9.53 Å². The van der Waals surface area contributed by atoms with Crippen molar-refractivity contribution in [1.82, 2.24) is 5.32 Å². The molecule has 0 radical (unpaired) electrons. The summed E-state index contributed by atoms with van der Waals surface area (Å²) in [5.41, 5.74) is 2.92. The van der Waals surface area contributed by atoms with Crippen LogP contribution < -0.4 is 5.32 Å². The molecule has 0 aliphatic rings. The van der Waals surface area contributed by atoms with Crippen LogP contribution in [0.15, 0.2) is 36.4 Å². The third-order valence-electron chi connectivity index (χ3n) is 2.48. The Morgan fingerprint density at radius 2 is 2.12 bits per heavy atom. The molecule has 0 unspecified atom stereocenters. The van der Waals surface area contributed by atoms with E-state index in [1.165, 1.54) is 11.1 Å². The van der Waals surface area contributed by atoms with Crippen molar-refractivity contribution in [3.05, 3.63) is 47.5 Å². The molecule has 3 heteroatoms. The van der Waals surface area contributed by atoms with Gasteiger partial charge in [-0.1, -0.05) is 30.8 Å². The van der Waals surface area contributed by atoms with E-state index in [2.05, 4.69) is 31.0 Å². The second-order valence-electron chi connectivity index (χ2n) is 3.85. The molecule has 0 fully saturated rings. The molecule has 92 valence electrons. The average Bonchev–Trinajstić information content (AvgIpc) is 2.31. The predicted molar refractivity (Wildman–Crippen MR) is 68.7 cm³/mol. The van der Waals surface area contributed by atoms with Crippen LogP contribution in [0.2, 0.25) is 0 Å². The lowest BCUT2D eigenvalue weighted by Gasteiger charge is -2.08. The molecule has 0 amide bonds. The molecular weight excluding hydrogens is 214 g/mol. The van der Waals surface area contributed by atoms with E-state index in [0.717, 1.165) is 6.54 Å². The van der Waals surface area contributed by atoms with Crippen LogP contribution in [0.4, 0.5) is 0 Å². The molecule has 0 saturated heterocycles. The monoisotopic (exact) mass is 233 g/mol. The molecule has 1 N–H and O–H groups in total. The van der Waals surface area contributed by atoms with E-state index in [4.69, 9.17) is 4.74 Å². The summed E-state index contributed by atoms with van der Waals surface area (Å²) >= 11 is 0. The van der Waals surface area contributed by atoms with Gasteiger partial charge < -0.3 is 10.1 Å². The van der Waals surface area contributed by atoms with E-state index >= 15 is 0 Å². The molecule has 0 aromatic heterocycles. The normalized spacial score (nSPS) is 10.0. The number of hydrogen-bond donors (Lipinski definition) is 1. The molecule has 17 heavy (non-hydrogen) atoms. The third kappa shape index (κ3) is 4.41. The van der Waals surface area contributed by atoms with E-state index in [9.17, 15) is 4.79 Å². The first-order valence-electron chi connectivity index (χ1n) is 5.75. The highest BCUT2D eigenvalue weighted by molar-refractivity contribution is 5.88. The SMILES string of the molecule is C=C(CNCc1ccccc1C)C(=O)OCC. The Hall–Kier alpha value is -1.61. The summed E-state index contributed by atoms with van der Waals surface area (Å²) < 4.78 is 4.85. The molecule has 3 nitrogen and oxygen atoms in total. The summed E-state index contributed by atoms with van der Waals surface area (Å²) in [6.07, 6.45) is 0. The molecule has 0 saturated carbocycles. The molecule has 1 aromatic rings. The van der Waals surface area contributed by atoms with E-state index in [0.29, 0.717) is 18.7 Å². The number of hydrogen-bond acceptors (Lipinski definition) is 3. The van der Waals surface area contributed by atoms with Crippen LogP contribution in [0.1, 0.15) is 18.1 Å². The number of nitrogens with one attached hydrogen (secondary N) is 1. The number of carbonyl (C=O) groups is 1. The Morgan fingerprint density at radius 1 is 1.41 bits per heavy atom. The van der Waals surface area contributed by atoms with Crippen LogP contribution in [-0.4, -0.2) is 19.1 Å². The molecular formula is C14H19NO2. The minimum Gasteiger partial charge on any atom is -0.463 e. The van der Waals surface area contributed by atoms with Crippen molar-refractivity contribution >= 4 is 5.97 Å². The highest BCUT2D eigenvalue weighted by Crippen LogP contribution is 2.06. The highest BCUT2D eigenvalue weighted by Gasteiger charge is 2.06. The zero-order valence-electron chi connectivity index (χ0n) is 10.5. The summed E-state index contributed by atoms with van der Waals surface area (Å²) in [6.45, 7) is 9.10. The van der Waals surface area contributed by atoms with Gasteiger partial charge in [0.25, 0.3) is 0 Å². The fourth-order valence-electron chi connectivity index (χ4n) is 1.46. The third-order valence-corrected chi connectivity index (χ3v) is 2.48. The molecule has 1 aromatic carbocycles. The summed E-state index contributed by atoms with van der Waals surface area (Å²) in [5, 5.41) is 3.18. The van der Waals surface area contributed by atoms with E-state index in [1.807, 2.05) is 12.1 Å². The first kappa shape index (κ1) is 13.5. The van der Waals surface area contributed by atoms with E-state index in [-0.39, 0.29) is 5.97 Å². The number of benzene rings is 1. The van der Waals surface area contributed by atoms with Crippen molar-refractivity contribution in [2.75, 3.05) is 13.2 Å². The van der Waals surface area contributed by atoms with Gasteiger partial charge in [0.05, 0.1) is 6.61 Å². The van der Waals surface area contributed by atoms with Gasteiger partial charge in [-0.2, -0.15) is 0 Å². The van der Waals surface area contributed by atoms with Crippen LogP contribution >= 0.6 is 0 Å². The van der Waals surface area contributed by atoms with Crippen LogP contribution in [0.3, 0.4) is 0 Å². The minimum absolute atomic E-state index is 0.329. The summed E-state index contributed by atoms with van der Waals surface area (Å²) in [6, 6.07) is 8.15. The van der Waals surface area contributed by atoms with Crippen molar-refractivity contribution in [3.8, 4) is 0 Å². The predicted octanol–water partition coefficient (Wildman–Crippen LogP) is 2.20. The molecule has 0 bridgehead atoms. The Bertz CT molecular complexity index is 399. The Balaban J connectivity index is 2.36. The second kappa shape index (κ2) is 6.86. The Kier molecular flexibility index (Phi) is 5.43. The zero-order chi connectivity index (χ0) is 12.7. The van der Waals surface area contributed by atoms with Gasteiger partial charge in [0, 0.05) is 18.7 Å². The van der Waals surface area contributed by atoms with Gasteiger partial charge in [-0.05, 0) is 25.0 Å². The lowest BCUT2D eigenvalue weighted by Crippen LogP contribution is -2.21. The van der Waals surface area contributed by atoms with Crippen molar-refractivity contribution in [1.29, 1.82) is 0 Å². The van der Waals surface area contributed by atoms with E-state index < -0.39 is 0 Å². The summed E-state index contributed by atoms with van der Waals surface area (Å²) in [4.78, 5) is 11.3. The van der Waals surface area contributed by atoms with Crippen molar-refractivity contribution in [2.24, 2.45) is 0 Å². The van der Waals surface area contributed by atoms with E-state index in [1.54, 1.807) is 6.92 Å². The van der Waals surface area contributed by atoms with Crippen LogP contribution in [0.25, 0.3) is 0 Å². The molecule has 0 atom stereocenters. The largest absolute Gasteiger partial charge is 0.463 e. The molecule has 1 rings (SSSR count). The first-order chi connectivity index (χ1) is 8.15. The fourth-order valence-corrected chi connectivity index (χ4v) is 1.46. The molecule has 0 heterocycles. The van der Waals surface area contributed by atoms with Crippen molar-refractivity contribution in [2.45, 2.75) is 20.4 Å². The van der Waals surface area contributed by atoms with Gasteiger partial charge >= 0.3 is 5.97 Å². The topological polar surface area (TPSA) is 38.3 Å². The van der Waals surface area contributed by atoms with Crippen LogP contribution in [0, 0.1) is 6.92 Å². The number of carbonyl (C=O) groups excluding carboxylic acids is 1. The van der Waals surface area contributed by atoms with Crippen LogP contribution in [0.5, 0.6) is 0 Å². The van der Waals surface area contributed by atoms with Gasteiger partial charge in [0.15, 0.2) is 0 Å². The fraction of sp³-hybridized carbons (Fsp3) is 0.357. The smallest absolute Gasteiger partial charge is 0.334 e. The summed E-state index contributed by atoms with van der Waals surface area (Å²) in [7, 11) is 0. The quantitative estimate of drug-likeness (QED) is 0.604. The maximum absolute atomic E-state index is 11.3. The highest BCUT2D eigenvalue weighted by atomic mass is 16.5. The number of esters is 1. The lowest BCUT2D eigenvalue weighted by molar-refractivity contribution is -0.138. The van der Waals surface area contributed by atoms with Crippen molar-refractivity contribution in [3.63, 3.8) is 0 Å². The maximum Gasteiger partial charge on any atom is 0.334 e.